The zero-order valence-electron chi connectivity index (χ0n) is 10.0. The molecular formula is C15H15IN2. The quantitative estimate of drug-likeness (QED) is 0.822. The maximum absolute atomic E-state index is 3.51. The average molecular weight is 350 g/mol. The Hall–Kier alpha value is -1.23. The number of benzene rings is 2. The summed E-state index contributed by atoms with van der Waals surface area (Å²) in [6.07, 6.45) is 1.14. The van der Waals surface area contributed by atoms with Crippen LogP contribution in [-0.4, -0.2) is 6.54 Å². The van der Waals surface area contributed by atoms with Gasteiger partial charge in [-0.2, -0.15) is 0 Å². The lowest BCUT2D eigenvalue weighted by molar-refractivity contribution is 1.11. The maximum Gasteiger partial charge on any atom is 0.0478 e. The van der Waals surface area contributed by atoms with Crippen LogP contribution in [0.25, 0.3) is 0 Å². The minimum absolute atomic E-state index is 0.871. The van der Waals surface area contributed by atoms with E-state index in [0.717, 1.165) is 19.5 Å². The monoisotopic (exact) mass is 350 g/mol. The van der Waals surface area contributed by atoms with Crippen molar-refractivity contribution in [3.05, 3.63) is 57.2 Å². The van der Waals surface area contributed by atoms with E-state index in [1.165, 1.54) is 26.1 Å². The third-order valence-corrected chi connectivity index (χ3v) is 4.22. The number of halogens is 1. The molecule has 3 rings (SSSR count). The average Bonchev–Trinajstić information content (AvgIpc) is 2.86. The number of nitrogens with one attached hydrogen (secondary N) is 2. The van der Waals surface area contributed by atoms with Gasteiger partial charge in [0, 0.05) is 28.0 Å². The topological polar surface area (TPSA) is 24.1 Å². The number of hydrogen-bond donors (Lipinski definition) is 2. The van der Waals surface area contributed by atoms with Crippen molar-refractivity contribution in [2.45, 2.75) is 13.0 Å². The molecule has 0 saturated heterocycles. The van der Waals surface area contributed by atoms with Gasteiger partial charge in [0.1, 0.15) is 0 Å². The summed E-state index contributed by atoms with van der Waals surface area (Å²) in [5.41, 5.74) is 5.33. The van der Waals surface area contributed by atoms with Crippen LogP contribution in [0.4, 0.5) is 11.4 Å². The van der Waals surface area contributed by atoms with Crippen LogP contribution >= 0.6 is 22.6 Å². The van der Waals surface area contributed by atoms with E-state index in [4.69, 9.17) is 0 Å². The molecule has 0 fully saturated rings. The van der Waals surface area contributed by atoms with E-state index in [0.29, 0.717) is 0 Å². The van der Waals surface area contributed by atoms with Crippen molar-refractivity contribution in [2.75, 3.05) is 17.2 Å². The lowest BCUT2D eigenvalue weighted by Gasteiger charge is -2.12. The van der Waals surface area contributed by atoms with Crippen LogP contribution in [0.1, 0.15) is 11.1 Å². The number of rotatable bonds is 3. The van der Waals surface area contributed by atoms with Gasteiger partial charge in [0.25, 0.3) is 0 Å². The van der Waals surface area contributed by atoms with E-state index in [-0.39, 0.29) is 0 Å². The standard InChI is InChI=1S/C15H15IN2/c16-13-6-1-2-7-14(13)18-10-12-5-3-4-11-8-9-17-15(11)12/h1-7,17-18H,8-10H2. The number of anilines is 2. The highest BCUT2D eigenvalue weighted by molar-refractivity contribution is 14.1. The molecule has 2 N–H and O–H groups in total. The van der Waals surface area contributed by atoms with Gasteiger partial charge in [0.2, 0.25) is 0 Å². The lowest BCUT2D eigenvalue weighted by atomic mass is 10.1. The molecule has 0 saturated carbocycles. The Bertz CT molecular complexity index is 566. The summed E-state index contributed by atoms with van der Waals surface area (Å²) in [6.45, 7) is 1.94. The number of para-hydroxylation sites is 2. The van der Waals surface area contributed by atoms with E-state index in [1.807, 2.05) is 0 Å². The molecule has 0 unspecified atom stereocenters. The SMILES string of the molecule is Ic1ccccc1NCc1cccc2c1NCC2. The highest BCUT2D eigenvalue weighted by Crippen LogP contribution is 2.27. The van der Waals surface area contributed by atoms with Gasteiger partial charge >= 0.3 is 0 Å². The summed E-state index contributed by atoms with van der Waals surface area (Å²) in [5, 5.41) is 6.99. The Morgan fingerprint density at radius 1 is 1.11 bits per heavy atom. The second kappa shape index (κ2) is 5.18. The van der Waals surface area contributed by atoms with Crippen LogP contribution < -0.4 is 10.6 Å². The molecule has 0 aromatic heterocycles. The van der Waals surface area contributed by atoms with E-state index < -0.39 is 0 Å². The highest BCUT2D eigenvalue weighted by Gasteiger charge is 2.13. The van der Waals surface area contributed by atoms with Crippen LogP contribution in [0.15, 0.2) is 42.5 Å². The van der Waals surface area contributed by atoms with Gasteiger partial charge in [-0.05, 0) is 52.3 Å². The molecule has 2 aromatic rings. The largest absolute Gasteiger partial charge is 0.384 e. The number of fused-ring (bicyclic) bond motifs is 1. The molecule has 1 aliphatic heterocycles. The van der Waals surface area contributed by atoms with Gasteiger partial charge in [0.15, 0.2) is 0 Å². The van der Waals surface area contributed by atoms with Crippen molar-refractivity contribution in [3.8, 4) is 0 Å². The smallest absolute Gasteiger partial charge is 0.0478 e. The highest BCUT2D eigenvalue weighted by atomic mass is 127. The third kappa shape index (κ3) is 2.32. The fourth-order valence-corrected chi connectivity index (χ4v) is 2.93. The van der Waals surface area contributed by atoms with Crippen LogP contribution in [0.2, 0.25) is 0 Å². The van der Waals surface area contributed by atoms with Gasteiger partial charge < -0.3 is 10.6 Å². The van der Waals surface area contributed by atoms with E-state index >= 15 is 0 Å². The Morgan fingerprint density at radius 3 is 2.89 bits per heavy atom. The first-order valence-electron chi connectivity index (χ1n) is 6.17. The van der Waals surface area contributed by atoms with Crippen LogP contribution in [0.3, 0.4) is 0 Å². The lowest BCUT2D eigenvalue weighted by Crippen LogP contribution is -2.03. The second-order valence-corrected chi connectivity index (χ2v) is 5.62. The molecule has 0 bridgehead atoms. The minimum atomic E-state index is 0.871. The summed E-state index contributed by atoms with van der Waals surface area (Å²) >= 11 is 2.36. The van der Waals surface area contributed by atoms with Crippen LogP contribution in [0.5, 0.6) is 0 Å². The first-order chi connectivity index (χ1) is 8.84. The molecule has 0 radical (unpaired) electrons. The molecule has 1 aliphatic rings. The Labute approximate surface area is 121 Å². The fourth-order valence-electron chi connectivity index (χ4n) is 2.35. The molecule has 92 valence electrons. The normalized spacial score (nSPS) is 12.9. The molecular weight excluding hydrogens is 335 g/mol. The van der Waals surface area contributed by atoms with Crippen molar-refractivity contribution in [1.29, 1.82) is 0 Å². The molecule has 2 aromatic carbocycles. The van der Waals surface area contributed by atoms with Crippen molar-refractivity contribution in [2.24, 2.45) is 0 Å². The van der Waals surface area contributed by atoms with Crippen LogP contribution in [-0.2, 0) is 13.0 Å². The Balaban J connectivity index is 1.78. The fraction of sp³-hybridized carbons (Fsp3) is 0.200. The predicted octanol–water partition coefficient (Wildman–Crippen LogP) is 3.87. The molecule has 0 spiro atoms. The van der Waals surface area contributed by atoms with Gasteiger partial charge in [-0.25, -0.2) is 0 Å². The second-order valence-electron chi connectivity index (χ2n) is 4.46. The summed E-state index contributed by atoms with van der Waals surface area (Å²) in [5.74, 6) is 0. The molecule has 0 amide bonds. The van der Waals surface area contributed by atoms with Gasteiger partial charge in [-0.3, -0.25) is 0 Å². The van der Waals surface area contributed by atoms with Gasteiger partial charge in [0.05, 0.1) is 0 Å². The summed E-state index contributed by atoms with van der Waals surface area (Å²) in [4.78, 5) is 0. The minimum Gasteiger partial charge on any atom is -0.384 e. The Morgan fingerprint density at radius 2 is 2.00 bits per heavy atom. The molecule has 0 aliphatic carbocycles. The summed E-state index contributed by atoms with van der Waals surface area (Å²) in [6, 6.07) is 14.9. The number of hydrogen-bond acceptors (Lipinski definition) is 2. The summed E-state index contributed by atoms with van der Waals surface area (Å²) < 4.78 is 1.26. The first kappa shape index (κ1) is 11.8. The van der Waals surface area contributed by atoms with E-state index in [9.17, 15) is 0 Å². The van der Waals surface area contributed by atoms with Crippen molar-refractivity contribution in [1.82, 2.24) is 0 Å². The zero-order valence-corrected chi connectivity index (χ0v) is 12.2. The first-order valence-corrected chi connectivity index (χ1v) is 7.25. The maximum atomic E-state index is 3.51. The predicted molar refractivity (Wildman–Crippen MR) is 85.1 cm³/mol. The zero-order chi connectivity index (χ0) is 12.4. The third-order valence-electron chi connectivity index (χ3n) is 3.28. The van der Waals surface area contributed by atoms with Crippen molar-refractivity contribution < 1.29 is 0 Å². The van der Waals surface area contributed by atoms with Gasteiger partial charge in [-0.1, -0.05) is 30.3 Å². The van der Waals surface area contributed by atoms with E-state index in [2.05, 4.69) is 75.7 Å². The van der Waals surface area contributed by atoms with Crippen LogP contribution in [0, 0.1) is 3.57 Å². The molecule has 1 heterocycles. The molecule has 18 heavy (non-hydrogen) atoms. The Kier molecular flexibility index (Phi) is 3.41. The van der Waals surface area contributed by atoms with Crippen molar-refractivity contribution >= 4 is 34.0 Å². The molecule has 2 nitrogen and oxygen atoms in total. The molecule has 3 heteroatoms. The van der Waals surface area contributed by atoms with E-state index in [1.54, 1.807) is 0 Å². The van der Waals surface area contributed by atoms with Gasteiger partial charge in [-0.15, -0.1) is 0 Å². The summed E-state index contributed by atoms with van der Waals surface area (Å²) in [7, 11) is 0. The van der Waals surface area contributed by atoms with Crippen molar-refractivity contribution in [3.63, 3.8) is 0 Å². The molecule has 0 atom stereocenters.